The van der Waals surface area contributed by atoms with Crippen LogP contribution in [0, 0.1) is 6.92 Å². The van der Waals surface area contributed by atoms with Crippen LogP contribution in [0.1, 0.15) is 29.3 Å². The zero-order valence-corrected chi connectivity index (χ0v) is 17.0. The minimum atomic E-state index is 0.0982. The van der Waals surface area contributed by atoms with E-state index in [1.807, 2.05) is 19.2 Å². The third-order valence-corrected chi connectivity index (χ3v) is 6.53. The summed E-state index contributed by atoms with van der Waals surface area (Å²) in [5, 5.41) is 11.6. The van der Waals surface area contributed by atoms with Crippen molar-refractivity contribution in [2.75, 3.05) is 12.8 Å². The third-order valence-electron chi connectivity index (χ3n) is 4.60. The van der Waals surface area contributed by atoms with Crippen LogP contribution in [-0.4, -0.2) is 43.4 Å². The maximum Gasteiger partial charge on any atom is 0.233 e. The van der Waals surface area contributed by atoms with Crippen molar-refractivity contribution in [2.24, 2.45) is 0 Å². The van der Waals surface area contributed by atoms with Gasteiger partial charge in [-0.1, -0.05) is 11.8 Å². The number of rotatable bonds is 7. The first kappa shape index (κ1) is 18.2. The highest BCUT2D eigenvalue weighted by Crippen LogP contribution is 2.40. The number of thiophene rings is 1. The van der Waals surface area contributed by atoms with Gasteiger partial charge in [0, 0.05) is 35.9 Å². The van der Waals surface area contributed by atoms with Crippen LogP contribution in [-0.2, 0) is 11.3 Å². The molecule has 1 amide bonds. The fourth-order valence-corrected chi connectivity index (χ4v) is 4.74. The number of carbonyl (C=O) groups is 1. The molecule has 3 aromatic rings. The Morgan fingerprint density at radius 3 is 2.89 bits per heavy atom. The van der Waals surface area contributed by atoms with Crippen LogP contribution < -0.4 is 0 Å². The van der Waals surface area contributed by atoms with Crippen LogP contribution in [0.4, 0.5) is 0 Å². The van der Waals surface area contributed by atoms with Crippen molar-refractivity contribution in [3.63, 3.8) is 0 Å². The Kier molecular flexibility index (Phi) is 5.27. The van der Waals surface area contributed by atoms with Gasteiger partial charge in [0.25, 0.3) is 0 Å². The van der Waals surface area contributed by atoms with Crippen molar-refractivity contribution in [1.29, 1.82) is 0 Å². The molecule has 0 atom stereocenters. The average Bonchev–Trinajstić information content (AvgIpc) is 3.31. The fraction of sp³-hybridized carbons (Fsp3) is 0.368. The molecule has 1 aliphatic rings. The fourth-order valence-electron chi connectivity index (χ4n) is 2.84. The third kappa shape index (κ3) is 4.06. The number of thioether (sulfide) groups is 1. The molecule has 0 unspecified atom stereocenters. The zero-order valence-electron chi connectivity index (χ0n) is 15.3. The number of aryl methyl sites for hydroxylation is 1. The van der Waals surface area contributed by atoms with Crippen LogP contribution in [0.2, 0.25) is 0 Å². The van der Waals surface area contributed by atoms with Crippen LogP contribution in [0.15, 0.2) is 41.1 Å². The van der Waals surface area contributed by atoms with Crippen molar-refractivity contribution in [1.82, 2.24) is 24.6 Å². The first-order valence-corrected chi connectivity index (χ1v) is 10.7. The van der Waals surface area contributed by atoms with Gasteiger partial charge in [-0.15, -0.1) is 21.5 Å². The molecule has 6 nitrogen and oxygen atoms in total. The lowest BCUT2D eigenvalue weighted by Crippen LogP contribution is -2.27. The molecule has 0 saturated heterocycles. The van der Waals surface area contributed by atoms with Crippen molar-refractivity contribution in [3.8, 4) is 11.4 Å². The molecule has 4 rings (SSSR count). The number of hydrogen-bond acceptors (Lipinski definition) is 6. The summed E-state index contributed by atoms with van der Waals surface area (Å²) in [6.45, 7) is 2.73. The van der Waals surface area contributed by atoms with E-state index >= 15 is 0 Å². The van der Waals surface area contributed by atoms with Gasteiger partial charge in [-0.25, -0.2) is 0 Å². The summed E-state index contributed by atoms with van der Waals surface area (Å²) in [5.41, 5.74) is 2.20. The number of nitrogens with zero attached hydrogens (tertiary/aromatic N) is 5. The van der Waals surface area contributed by atoms with Gasteiger partial charge in [0.15, 0.2) is 11.0 Å². The number of pyridine rings is 1. The van der Waals surface area contributed by atoms with E-state index < -0.39 is 0 Å². The van der Waals surface area contributed by atoms with E-state index in [0.29, 0.717) is 18.3 Å². The molecule has 1 aliphatic carbocycles. The van der Waals surface area contributed by atoms with Crippen molar-refractivity contribution in [2.45, 2.75) is 37.5 Å². The minimum Gasteiger partial charge on any atom is -0.340 e. The normalized spacial score (nSPS) is 13.7. The van der Waals surface area contributed by atoms with Gasteiger partial charge in [-0.05, 0) is 48.9 Å². The van der Waals surface area contributed by atoms with Crippen molar-refractivity contribution in [3.05, 3.63) is 46.4 Å². The van der Waals surface area contributed by atoms with Crippen LogP contribution in [0.25, 0.3) is 11.4 Å². The summed E-state index contributed by atoms with van der Waals surface area (Å²) in [4.78, 5) is 19.8. The Morgan fingerprint density at radius 1 is 1.37 bits per heavy atom. The van der Waals surface area contributed by atoms with Crippen LogP contribution in [0.5, 0.6) is 0 Å². The van der Waals surface area contributed by atoms with Crippen LogP contribution in [0.3, 0.4) is 0 Å². The van der Waals surface area contributed by atoms with E-state index in [4.69, 9.17) is 0 Å². The number of amides is 1. The van der Waals surface area contributed by atoms with Gasteiger partial charge in [0.05, 0.1) is 12.3 Å². The van der Waals surface area contributed by atoms with E-state index in [9.17, 15) is 4.79 Å². The molecule has 0 N–H and O–H groups in total. The molecular weight excluding hydrogens is 378 g/mol. The Morgan fingerprint density at radius 2 is 2.22 bits per heavy atom. The van der Waals surface area contributed by atoms with E-state index in [0.717, 1.165) is 29.4 Å². The Balaban J connectivity index is 1.44. The molecular formula is C19H21N5OS2. The standard InChI is InChI=1S/C19H21N5OS2/c1-13-7-9-26-16(13)11-23(2)17(25)12-27-19-22-21-18(24(19)15-5-6-15)14-4-3-8-20-10-14/h3-4,7-10,15H,5-6,11-12H2,1-2H3. The lowest BCUT2D eigenvalue weighted by atomic mass is 10.3. The highest BCUT2D eigenvalue weighted by molar-refractivity contribution is 7.99. The van der Waals surface area contributed by atoms with Gasteiger partial charge in [-0.2, -0.15) is 0 Å². The smallest absolute Gasteiger partial charge is 0.233 e. The summed E-state index contributed by atoms with van der Waals surface area (Å²) in [6.07, 6.45) is 5.81. The van der Waals surface area contributed by atoms with E-state index in [1.54, 1.807) is 28.6 Å². The first-order valence-electron chi connectivity index (χ1n) is 8.88. The van der Waals surface area contributed by atoms with E-state index in [-0.39, 0.29) is 5.91 Å². The van der Waals surface area contributed by atoms with Gasteiger partial charge < -0.3 is 4.90 Å². The van der Waals surface area contributed by atoms with Gasteiger partial charge >= 0.3 is 0 Å². The van der Waals surface area contributed by atoms with E-state index in [1.165, 1.54) is 22.2 Å². The summed E-state index contributed by atoms with van der Waals surface area (Å²) < 4.78 is 2.17. The predicted molar refractivity (Wildman–Crippen MR) is 108 cm³/mol. The topological polar surface area (TPSA) is 63.9 Å². The molecule has 0 aliphatic heterocycles. The second-order valence-corrected chi connectivity index (χ2v) is 8.66. The van der Waals surface area contributed by atoms with Crippen molar-refractivity contribution < 1.29 is 4.79 Å². The van der Waals surface area contributed by atoms with Crippen LogP contribution >= 0.6 is 23.1 Å². The predicted octanol–water partition coefficient (Wildman–Crippen LogP) is 3.80. The zero-order chi connectivity index (χ0) is 18.8. The van der Waals surface area contributed by atoms with Gasteiger partial charge in [0.2, 0.25) is 5.91 Å². The van der Waals surface area contributed by atoms with Crippen molar-refractivity contribution >= 4 is 29.0 Å². The molecule has 0 bridgehead atoms. The lowest BCUT2D eigenvalue weighted by Gasteiger charge is -2.16. The molecule has 0 spiro atoms. The summed E-state index contributed by atoms with van der Waals surface area (Å²) in [5.74, 6) is 1.29. The highest BCUT2D eigenvalue weighted by atomic mass is 32.2. The maximum absolute atomic E-state index is 12.6. The quantitative estimate of drug-likeness (QED) is 0.566. The molecule has 1 saturated carbocycles. The second kappa shape index (κ2) is 7.82. The molecule has 27 heavy (non-hydrogen) atoms. The minimum absolute atomic E-state index is 0.0982. The van der Waals surface area contributed by atoms with E-state index in [2.05, 4.69) is 38.1 Å². The summed E-state index contributed by atoms with van der Waals surface area (Å²) in [7, 11) is 1.86. The number of hydrogen-bond donors (Lipinski definition) is 0. The second-order valence-electron chi connectivity index (χ2n) is 6.71. The molecule has 3 aromatic heterocycles. The molecule has 8 heteroatoms. The molecule has 0 radical (unpaired) electrons. The monoisotopic (exact) mass is 399 g/mol. The number of carbonyl (C=O) groups excluding carboxylic acids is 1. The molecule has 1 fully saturated rings. The van der Waals surface area contributed by atoms with Gasteiger partial charge in [-0.3, -0.25) is 14.3 Å². The van der Waals surface area contributed by atoms with Gasteiger partial charge in [0.1, 0.15) is 0 Å². The maximum atomic E-state index is 12.6. The highest BCUT2D eigenvalue weighted by Gasteiger charge is 2.30. The average molecular weight is 400 g/mol. The number of aromatic nitrogens is 4. The largest absolute Gasteiger partial charge is 0.340 e. The molecule has 140 valence electrons. The Bertz CT molecular complexity index is 933. The molecule has 0 aromatic carbocycles. The summed E-state index contributed by atoms with van der Waals surface area (Å²) >= 11 is 3.16. The molecule has 3 heterocycles. The SMILES string of the molecule is Cc1ccsc1CN(C)C(=O)CSc1nnc(-c2cccnc2)n1C1CC1. The Hall–Kier alpha value is -2.19. The first-order chi connectivity index (χ1) is 13.1. The Labute approximate surface area is 166 Å². The summed E-state index contributed by atoms with van der Waals surface area (Å²) in [6, 6.07) is 6.41. The lowest BCUT2D eigenvalue weighted by molar-refractivity contribution is -0.127.